The molecule has 1 fully saturated rings. The Kier molecular flexibility index (Phi) is 4.06. The Labute approximate surface area is 117 Å². The van der Waals surface area contributed by atoms with Crippen LogP contribution in [0.15, 0.2) is 6.07 Å². The number of aromatic hydroxyl groups is 1. The zero-order valence-corrected chi connectivity index (χ0v) is 10.8. The van der Waals surface area contributed by atoms with Crippen LogP contribution in [0.1, 0.15) is 29.6 Å². The number of halogens is 3. The summed E-state index contributed by atoms with van der Waals surface area (Å²) in [6, 6.07) is -0.832. The predicted molar refractivity (Wildman–Crippen MR) is 64.3 cm³/mol. The van der Waals surface area contributed by atoms with Gasteiger partial charge in [0.1, 0.15) is 6.04 Å². The molecule has 1 atom stereocenters. The standard InChI is InChI=1S/C13H12F3NO4/c14-7-5-6(9(15)11(18)10(7)16)12(19)17-4-2-1-3-8(17)13(20)21/h5,8,18H,1-4H2,(H,20,21)/t8-/m0/s1. The van der Waals surface area contributed by atoms with E-state index in [2.05, 4.69) is 0 Å². The number of benzene rings is 1. The number of carboxylic acid groups (broad SMARTS) is 1. The molecular formula is C13H12F3NO4. The minimum Gasteiger partial charge on any atom is -0.503 e. The lowest BCUT2D eigenvalue weighted by Gasteiger charge is -2.33. The lowest BCUT2D eigenvalue weighted by molar-refractivity contribution is -0.143. The van der Waals surface area contributed by atoms with E-state index in [9.17, 15) is 22.8 Å². The molecule has 0 radical (unpaired) electrons. The van der Waals surface area contributed by atoms with Crippen LogP contribution < -0.4 is 0 Å². The molecule has 0 aliphatic carbocycles. The summed E-state index contributed by atoms with van der Waals surface area (Å²) < 4.78 is 39.9. The Morgan fingerprint density at radius 3 is 2.48 bits per heavy atom. The van der Waals surface area contributed by atoms with Gasteiger partial charge in [-0.05, 0) is 25.3 Å². The van der Waals surface area contributed by atoms with E-state index in [0.717, 1.165) is 4.90 Å². The van der Waals surface area contributed by atoms with E-state index in [4.69, 9.17) is 10.2 Å². The normalized spacial score (nSPS) is 18.6. The van der Waals surface area contributed by atoms with E-state index in [-0.39, 0.29) is 13.0 Å². The molecule has 1 aliphatic rings. The van der Waals surface area contributed by atoms with Crippen LogP contribution in [0.2, 0.25) is 0 Å². The Balaban J connectivity index is 2.42. The van der Waals surface area contributed by atoms with Crippen LogP contribution in [0.3, 0.4) is 0 Å². The Bertz CT molecular complexity index is 606. The molecule has 21 heavy (non-hydrogen) atoms. The molecule has 5 nitrogen and oxygen atoms in total. The molecule has 1 amide bonds. The number of rotatable bonds is 2. The van der Waals surface area contributed by atoms with E-state index in [1.54, 1.807) is 0 Å². The monoisotopic (exact) mass is 303 g/mol. The highest BCUT2D eigenvalue weighted by Gasteiger charge is 2.35. The second-order valence-corrected chi connectivity index (χ2v) is 4.73. The summed E-state index contributed by atoms with van der Waals surface area (Å²) >= 11 is 0. The third-order valence-electron chi connectivity index (χ3n) is 3.41. The smallest absolute Gasteiger partial charge is 0.326 e. The van der Waals surface area contributed by atoms with E-state index >= 15 is 0 Å². The predicted octanol–water partition coefficient (Wildman–Crippen LogP) is 1.89. The average molecular weight is 303 g/mol. The highest BCUT2D eigenvalue weighted by Crippen LogP contribution is 2.28. The zero-order valence-electron chi connectivity index (χ0n) is 10.8. The second kappa shape index (κ2) is 5.63. The number of piperidine rings is 1. The second-order valence-electron chi connectivity index (χ2n) is 4.73. The number of amides is 1. The first-order valence-corrected chi connectivity index (χ1v) is 6.24. The maximum Gasteiger partial charge on any atom is 0.326 e. The fourth-order valence-corrected chi connectivity index (χ4v) is 2.33. The number of nitrogens with zero attached hydrogens (tertiary/aromatic N) is 1. The molecule has 1 saturated heterocycles. The SMILES string of the molecule is O=C(O)[C@@H]1CCCCN1C(=O)c1cc(F)c(F)c(O)c1F. The van der Waals surface area contributed by atoms with Crippen molar-refractivity contribution >= 4 is 11.9 Å². The van der Waals surface area contributed by atoms with E-state index in [1.807, 2.05) is 0 Å². The topological polar surface area (TPSA) is 77.8 Å². The van der Waals surface area contributed by atoms with Gasteiger partial charge in [0.2, 0.25) is 5.82 Å². The minimum atomic E-state index is -1.79. The van der Waals surface area contributed by atoms with Gasteiger partial charge in [0.25, 0.3) is 5.91 Å². The fraction of sp³-hybridized carbons (Fsp3) is 0.385. The van der Waals surface area contributed by atoms with Gasteiger partial charge in [-0.1, -0.05) is 0 Å². The number of phenolic OH excluding ortho intramolecular Hbond substituents is 1. The number of carboxylic acids is 1. The summed E-state index contributed by atoms with van der Waals surface area (Å²) in [5, 5.41) is 18.2. The van der Waals surface area contributed by atoms with Crippen molar-refractivity contribution in [2.24, 2.45) is 0 Å². The van der Waals surface area contributed by atoms with E-state index < -0.39 is 46.7 Å². The molecule has 0 aromatic heterocycles. The first-order chi connectivity index (χ1) is 9.84. The number of carbonyl (C=O) groups is 2. The van der Waals surface area contributed by atoms with Crippen LogP contribution in [0.25, 0.3) is 0 Å². The molecule has 0 spiro atoms. The molecule has 114 valence electrons. The summed E-state index contributed by atoms with van der Waals surface area (Å²) in [7, 11) is 0. The Morgan fingerprint density at radius 2 is 1.86 bits per heavy atom. The van der Waals surface area contributed by atoms with Gasteiger partial charge >= 0.3 is 5.97 Å². The van der Waals surface area contributed by atoms with Gasteiger partial charge in [-0.25, -0.2) is 13.6 Å². The average Bonchev–Trinajstić information content (AvgIpc) is 2.48. The van der Waals surface area contributed by atoms with Crippen molar-refractivity contribution in [3.8, 4) is 5.75 Å². The quantitative estimate of drug-likeness (QED) is 0.818. The molecule has 0 saturated carbocycles. The first kappa shape index (κ1) is 15.1. The molecule has 1 aromatic carbocycles. The van der Waals surface area contributed by atoms with Crippen LogP contribution >= 0.6 is 0 Å². The van der Waals surface area contributed by atoms with Crippen molar-refractivity contribution in [1.29, 1.82) is 0 Å². The summed E-state index contributed by atoms with van der Waals surface area (Å²) in [4.78, 5) is 24.2. The van der Waals surface area contributed by atoms with Crippen LogP contribution in [0, 0.1) is 17.5 Å². The summed E-state index contributed by atoms with van der Waals surface area (Å²) in [6.45, 7) is 0.0645. The number of likely N-dealkylation sites (tertiary alicyclic amines) is 1. The molecule has 8 heteroatoms. The highest BCUT2D eigenvalue weighted by molar-refractivity contribution is 5.97. The number of phenols is 1. The minimum absolute atomic E-state index is 0.0645. The van der Waals surface area contributed by atoms with Crippen molar-refractivity contribution < 1.29 is 33.0 Å². The molecule has 0 bridgehead atoms. The maximum atomic E-state index is 13.7. The maximum absolute atomic E-state index is 13.7. The van der Waals surface area contributed by atoms with Crippen molar-refractivity contribution in [2.45, 2.75) is 25.3 Å². The summed E-state index contributed by atoms with van der Waals surface area (Å²) in [5.41, 5.74) is -0.889. The van der Waals surface area contributed by atoms with Crippen molar-refractivity contribution in [1.82, 2.24) is 4.90 Å². The van der Waals surface area contributed by atoms with Gasteiger partial charge in [0, 0.05) is 6.54 Å². The van der Waals surface area contributed by atoms with Crippen LogP contribution in [0.5, 0.6) is 5.75 Å². The van der Waals surface area contributed by atoms with Crippen LogP contribution in [-0.2, 0) is 4.79 Å². The van der Waals surface area contributed by atoms with Gasteiger partial charge in [0.05, 0.1) is 5.56 Å². The van der Waals surface area contributed by atoms with Gasteiger partial charge in [-0.3, -0.25) is 4.79 Å². The van der Waals surface area contributed by atoms with Crippen molar-refractivity contribution in [3.63, 3.8) is 0 Å². The summed E-state index contributed by atoms with van der Waals surface area (Å²) in [5.74, 6) is -8.92. The third kappa shape index (κ3) is 2.65. The lowest BCUT2D eigenvalue weighted by atomic mass is 10.0. The third-order valence-corrected chi connectivity index (χ3v) is 3.41. The first-order valence-electron chi connectivity index (χ1n) is 6.24. The molecule has 1 aromatic rings. The molecule has 1 aliphatic heterocycles. The molecule has 1 heterocycles. The van der Waals surface area contributed by atoms with Gasteiger partial charge in [0.15, 0.2) is 17.4 Å². The largest absolute Gasteiger partial charge is 0.503 e. The molecular weight excluding hydrogens is 291 g/mol. The van der Waals surface area contributed by atoms with Crippen molar-refractivity contribution in [2.75, 3.05) is 6.54 Å². The number of carbonyl (C=O) groups excluding carboxylic acids is 1. The Morgan fingerprint density at radius 1 is 1.19 bits per heavy atom. The molecule has 2 N–H and O–H groups in total. The van der Waals surface area contributed by atoms with Crippen molar-refractivity contribution in [3.05, 3.63) is 29.1 Å². The fourth-order valence-electron chi connectivity index (χ4n) is 2.33. The molecule has 2 rings (SSSR count). The van der Waals surface area contributed by atoms with Gasteiger partial charge in [-0.15, -0.1) is 0 Å². The van der Waals surface area contributed by atoms with Gasteiger partial charge in [-0.2, -0.15) is 4.39 Å². The number of aliphatic carboxylic acids is 1. The van der Waals surface area contributed by atoms with E-state index in [0.29, 0.717) is 18.9 Å². The van der Waals surface area contributed by atoms with Crippen LogP contribution in [-0.4, -0.2) is 39.6 Å². The zero-order chi connectivity index (χ0) is 15.7. The number of hydrogen-bond acceptors (Lipinski definition) is 3. The lowest BCUT2D eigenvalue weighted by Crippen LogP contribution is -2.48. The Hall–Kier alpha value is -2.25. The highest BCUT2D eigenvalue weighted by atomic mass is 19.2. The van der Waals surface area contributed by atoms with Crippen LogP contribution in [0.4, 0.5) is 13.2 Å². The molecule has 0 unspecified atom stereocenters. The number of hydrogen-bond donors (Lipinski definition) is 2. The summed E-state index contributed by atoms with van der Waals surface area (Å²) in [6.07, 6.45) is 1.30. The van der Waals surface area contributed by atoms with Gasteiger partial charge < -0.3 is 15.1 Å². The van der Waals surface area contributed by atoms with E-state index in [1.165, 1.54) is 0 Å².